The Morgan fingerprint density at radius 3 is 2.02 bits per heavy atom. The number of rotatable bonds is 14. The second-order valence-electron chi connectivity index (χ2n) is 10.6. The fourth-order valence-corrected chi connectivity index (χ4v) is 4.86. The summed E-state index contributed by atoms with van der Waals surface area (Å²) in [5.74, 6) is 2.34. The Morgan fingerprint density at radius 1 is 0.870 bits per heavy atom. The number of carbonyl (C=O) groups is 1. The molecule has 1 N–H and O–H groups in total. The number of esters is 1. The number of pyridine rings is 1. The maximum absolute atomic E-state index is 13.9. The van der Waals surface area contributed by atoms with Gasteiger partial charge in [-0.3, -0.25) is 4.79 Å². The number of carbonyl (C=O) groups excluding carboxylic acids is 1. The topological polar surface area (TPSA) is 134 Å². The predicted molar refractivity (Wildman–Crippen MR) is 176 cm³/mol. The number of methoxy groups -OCH3 is 3. The van der Waals surface area contributed by atoms with Crippen molar-refractivity contribution in [3.63, 3.8) is 0 Å². The SMILES string of the molecule is CCCCNc1nc(N(Cc2ccc(OC)cc2)Cc2ccc(OC)cc2)nc2ccn(Cc3ncc(C(=O)OC)cn3)c(=O)c12. The monoisotopic (exact) mass is 623 g/mol. The third-order valence-electron chi connectivity index (χ3n) is 7.42. The van der Waals surface area contributed by atoms with Crippen LogP contribution in [0.1, 0.15) is 47.1 Å². The molecule has 12 nitrogen and oxygen atoms in total. The normalized spacial score (nSPS) is 10.9. The van der Waals surface area contributed by atoms with Gasteiger partial charge in [-0.25, -0.2) is 19.7 Å². The van der Waals surface area contributed by atoms with Crippen LogP contribution in [-0.2, 0) is 24.4 Å². The molecule has 238 valence electrons. The average molecular weight is 624 g/mol. The molecular weight excluding hydrogens is 586 g/mol. The molecule has 0 saturated heterocycles. The van der Waals surface area contributed by atoms with Crippen LogP contribution in [0.4, 0.5) is 11.8 Å². The van der Waals surface area contributed by atoms with Crippen molar-refractivity contribution in [3.05, 3.63) is 106 Å². The number of ether oxygens (including phenoxy) is 3. The van der Waals surface area contributed by atoms with Gasteiger partial charge in [0.25, 0.3) is 5.56 Å². The van der Waals surface area contributed by atoms with E-state index >= 15 is 0 Å². The highest BCUT2D eigenvalue weighted by molar-refractivity contribution is 5.89. The van der Waals surface area contributed by atoms with E-state index in [4.69, 9.17) is 24.2 Å². The minimum absolute atomic E-state index is 0.105. The van der Waals surface area contributed by atoms with E-state index in [-0.39, 0.29) is 17.7 Å². The number of benzene rings is 2. The van der Waals surface area contributed by atoms with Crippen molar-refractivity contribution in [2.45, 2.75) is 39.4 Å². The molecule has 2 aromatic carbocycles. The number of nitrogens with zero attached hydrogens (tertiary/aromatic N) is 6. The van der Waals surface area contributed by atoms with Gasteiger partial charge < -0.3 is 29.0 Å². The van der Waals surface area contributed by atoms with Gasteiger partial charge in [-0.2, -0.15) is 4.98 Å². The van der Waals surface area contributed by atoms with Crippen molar-refractivity contribution in [2.24, 2.45) is 0 Å². The van der Waals surface area contributed by atoms with Crippen LogP contribution in [0.15, 0.2) is 78.0 Å². The molecule has 0 aliphatic rings. The first-order valence-corrected chi connectivity index (χ1v) is 15.0. The van der Waals surface area contributed by atoms with Gasteiger partial charge in [0.15, 0.2) is 0 Å². The largest absolute Gasteiger partial charge is 0.497 e. The zero-order valence-corrected chi connectivity index (χ0v) is 26.4. The zero-order valence-electron chi connectivity index (χ0n) is 26.4. The third-order valence-corrected chi connectivity index (χ3v) is 7.42. The number of hydrogen-bond donors (Lipinski definition) is 1. The second kappa shape index (κ2) is 15.0. The Hall–Kier alpha value is -5.52. The Morgan fingerprint density at radius 2 is 1.48 bits per heavy atom. The summed E-state index contributed by atoms with van der Waals surface area (Å²) in [5, 5.41) is 3.77. The molecule has 46 heavy (non-hydrogen) atoms. The first-order chi connectivity index (χ1) is 22.4. The highest BCUT2D eigenvalue weighted by atomic mass is 16.5. The fraction of sp³-hybridized carbons (Fsp3) is 0.294. The molecule has 12 heteroatoms. The number of aromatic nitrogens is 5. The van der Waals surface area contributed by atoms with Crippen molar-refractivity contribution in [2.75, 3.05) is 38.1 Å². The lowest BCUT2D eigenvalue weighted by Crippen LogP contribution is -2.27. The first kappa shape index (κ1) is 31.9. The van der Waals surface area contributed by atoms with Crippen LogP contribution >= 0.6 is 0 Å². The summed E-state index contributed by atoms with van der Waals surface area (Å²) in [4.78, 5) is 46.1. The minimum atomic E-state index is -0.529. The zero-order chi connectivity index (χ0) is 32.5. The van der Waals surface area contributed by atoms with E-state index in [1.54, 1.807) is 26.5 Å². The van der Waals surface area contributed by atoms with Gasteiger partial charge in [-0.1, -0.05) is 37.6 Å². The van der Waals surface area contributed by atoms with Gasteiger partial charge in [-0.15, -0.1) is 0 Å². The molecule has 0 fully saturated rings. The molecule has 0 aliphatic carbocycles. The van der Waals surface area contributed by atoms with Gasteiger partial charge in [0, 0.05) is 38.2 Å². The van der Waals surface area contributed by atoms with Crippen molar-refractivity contribution in [1.29, 1.82) is 0 Å². The summed E-state index contributed by atoms with van der Waals surface area (Å²) >= 11 is 0. The van der Waals surface area contributed by atoms with Crippen LogP contribution < -0.4 is 25.2 Å². The van der Waals surface area contributed by atoms with Crippen LogP contribution in [0.25, 0.3) is 10.9 Å². The average Bonchev–Trinajstić information content (AvgIpc) is 3.09. The molecule has 3 aromatic heterocycles. The Balaban J connectivity index is 1.54. The molecule has 5 aromatic rings. The van der Waals surface area contributed by atoms with Crippen molar-refractivity contribution < 1.29 is 19.0 Å². The Kier molecular flexibility index (Phi) is 10.4. The molecule has 0 saturated carbocycles. The Bertz CT molecular complexity index is 1780. The lowest BCUT2D eigenvalue weighted by atomic mass is 10.1. The van der Waals surface area contributed by atoms with E-state index in [0.29, 0.717) is 48.1 Å². The Labute approximate surface area is 267 Å². The molecular formula is C34H37N7O5. The van der Waals surface area contributed by atoms with Crippen molar-refractivity contribution in [1.82, 2.24) is 24.5 Å². The van der Waals surface area contributed by atoms with Crippen LogP contribution in [0.2, 0.25) is 0 Å². The minimum Gasteiger partial charge on any atom is -0.497 e. The van der Waals surface area contributed by atoms with Crippen molar-refractivity contribution >= 4 is 28.6 Å². The highest BCUT2D eigenvalue weighted by Crippen LogP contribution is 2.25. The number of fused-ring (bicyclic) bond motifs is 1. The maximum Gasteiger partial charge on any atom is 0.341 e. The van der Waals surface area contributed by atoms with E-state index in [2.05, 4.69) is 27.1 Å². The standard InChI is InChI=1S/C34H37N7O5/c1-5-6-16-35-31-30-28(15-17-40(32(30)42)22-29-36-18-25(19-37-29)33(43)46-4)38-34(39-31)41(20-23-7-11-26(44-2)12-8-23)21-24-9-13-27(45-3)14-10-24/h7-15,17-19H,5-6,16,20-22H2,1-4H3,(H,35,38,39). The van der Waals surface area contributed by atoms with Gasteiger partial charge in [0.1, 0.15) is 28.5 Å². The van der Waals surface area contributed by atoms with Crippen molar-refractivity contribution in [3.8, 4) is 11.5 Å². The van der Waals surface area contributed by atoms with E-state index in [0.717, 1.165) is 35.5 Å². The summed E-state index contributed by atoms with van der Waals surface area (Å²) in [7, 11) is 4.58. The summed E-state index contributed by atoms with van der Waals surface area (Å²) < 4.78 is 16.9. The lowest BCUT2D eigenvalue weighted by Gasteiger charge is -2.24. The predicted octanol–water partition coefficient (Wildman–Crippen LogP) is 4.85. The molecule has 0 bridgehead atoms. The number of nitrogens with one attached hydrogen (secondary N) is 1. The number of anilines is 2. The summed E-state index contributed by atoms with van der Waals surface area (Å²) in [6, 6.07) is 17.6. The molecule has 5 rings (SSSR count). The van der Waals surface area contributed by atoms with Crippen LogP contribution in [0.3, 0.4) is 0 Å². The first-order valence-electron chi connectivity index (χ1n) is 15.0. The summed E-state index contributed by atoms with van der Waals surface area (Å²) in [5.41, 5.74) is 2.57. The van der Waals surface area contributed by atoms with Crippen LogP contribution in [0.5, 0.6) is 11.5 Å². The van der Waals surface area contributed by atoms with Gasteiger partial charge in [0.05, 0.1) is 39.0 Å². The van der Waals surface area contributed by atoms with Gasteiger partial charge in [-0.05, 0) is 47.9 Å². The molecule has 0 amide bonds. The van der Waals surface area contributed by atoms with E-state index < -0.39 is 5.97 Å². The smallest absolute Gasteiger partial charge is 0.341 e. The lowest BCUT2D eigenvalue weighted by molar-refractivity contribution is 0.0599. The second-order valence-corrected chi connectivity index (χ2v) is 10.6. The highest BCUT2D eigenvalue weighted by Gasteiger charge is 2.19. The fourth-order valence-electron chi connectivity index (χ4n) is 4.86. The van der Waals surface area contributed by atoms with E-state index in [9.17, 15) is 9.59 Å². The molecule has 0 unspecified atom stereocenters. The van der Waals surface area contributed by atoms with Gasteiger partial charge in [0.2, 0.25) is 5.95 Å². The summed E-state index contributed by atoms with van der Waals surface area (Å²) in [6.07, 6.45) is 6.32. The molecule has 0 atom stereocenters. The number of unbranched alkanes of at least 4 members (excludes halogenated alkanes) is 1. The molecule has 0 spiro atoms. The number of hydrogen-bond acceptors (Lipinski definition) is 11. The molecule has 0 aliphatic heterocycles. The van der Waals surface area contributed by atoms with Crippen LogP contribution in [-0.4, -0.2) is 58.3 Å². The quantitative estimate of drug-likeness (QED) is 0.134. The summed E-state index contributed by atoms with van der Waals surface area (Å²) in [6.45, 7) is 3.89. The van der Waals surface area contributed by atoms with Crippen LogP contribution in [0, 0.1) is 0 Å². The van der Waals surface area contributed by atoms with Gasteiger partial charge >= 0.3 is 5.97 Å². The maximum atomic E-state index is 13.9. The molecule has 0 radical (unpaired) electrons. The van der Waals surface area contributed by atoms with E-state index in [1.807, 2.05) is 48.5 Å². The third kappa shape index (κ3) is 7.57. The van der Waals surface area contributed by atoms with E-state index in [1.165, 1.54) is 24.1 Å². The molecule has 3 heterocycles.